The van der Waals surface area contributed by atoms with Crippen molar-refractivity contribution < 1.29 is 18.0 Å². The van der Waals surface area contributed by atoms with Crippen LogP contribution in [-0.4, -0.2) is 41.1 Å². The number of likely N-dealkylation sites (tertiary alicyclic amines) is 1. The molecule has 2 unspecified atom stereocenters. The van der Waals surface area contributed by atoms with E-state index < -0.39 is 12.1 Å². The van der Waals surface area contributed by atoms with Gasteiger partial charge in [-0.2, -0.15) is 13.2 Å². The van der Waals surface area contributed by atoms with E-state index in [1.54, 1.807) is 18.3 Å². The Balaban J connectivity index is 1.71. The largest absolute Gasteiger partial charge is 0.391 e. The van der Waals surface area contributed by atoms with E-state index in [-0.39, 0.29) is 24.8 Å². The topological polar surface area (TPSA) is 45.2 Å². The normalized spacial score (nSPS) is 24.8. The summed E-state index contributed by atoms with van der Waals surface area (Å²) in [6.07, 6.45) is 1.94. The summed E-state index contributed by atoms with van der Waals surface area (Å²) in [4.78, 5) is 18.8. The van der Waals surface area contributed by atoms with Crippen LogP contribution in [0.3, 0.4) is 0 Å². The number of nitrogens with one attached hydrogen (secondary N) is 1. The first-order valence-electron chi connectivity index (χ1n) is 9.02. The summed E-state index contributed by atoms with van der Waals surface area (Å²) in [5, 5.41) is 3.11. The van der Waals surface area contributed by atoms with Crippen LogP contribution in [-0.2, 0) is 0 Å². The number of rotatable bonds is 3. The molecule has 1 aliphatic heterocycles. The number of aromatic nitrogens is 1. The highest BCUT2D eigenvalue weighted by Crippen LogP contribution is 2.38. The molecule has 2 fully saturated rings. The van der Waals surface area contributed by atoms with Crippen molar-refractivity contribution in [3.05, 3.63) is 23.9 Å². The Morgan fingerprint density at radius 1 is 1.16 bits per heavy atom. The van der Waals surface area contributed by atoms with Gasteiger partial charge in [0.1, 0.15) is 5.82 Å². The van der Waals surface area contributed by atoms with Crippen LogP contribution in [0, 0.1) is 5.92 Å². The first kappa shape index (κ1) is 18.0. The second-order valence-corrected chi connectivity index (χ2v) is 7.00. The smallest absolute Gasteiger partial charge is 0.367 e. The van der Waals surface area contributed by atoms with Crippen LogP contribution in [0.2, 0.25) is 0 Å². The second kappa shape index (κ2) is 7.62. The summed E-state index contributed by atoms with van der Waals surface area (Å²) in [6.45, 7) is 1.46. The average molecular weight is 355 g/mol. The molecule has 7 heteroatoms. The summed E-state index contributed by atoms with van der Waals surface area (Å²) in [5.41, 5.74) is 0.457. The van der Waals surface area contributed by atoms with Crippen LogP contribution in [0.25, 0.3) is 0 Å². The molecule has 2 atom stereocenters. The minimum Gasteiger partial charge on any atom is -0.367 e. The van der Waals surface area contributed by atoms with Crippen molar-refractivity contribution in [2.75, 3.05) is 18.4 Å². The maximum atomic E-state index is 13.0. The lowest BCUT2D eigenvalue weighted by atomic mass is 9.85. The third kappa shape index (κ3) is 4.44. The van der Waals surface area contributed by atoms with Crippen LogP contribution in [0.15, 0.2) is 18.3 Å². The zero-order chi connectivity index (χ0) is 17.9. The molecule has 0 bridgehead atoms. The first-order valence-corrected chi connectivity index (χ1v) is 9.02. The molecular formula is C18H24F3N3O. The maximum Gasteiger partial charge on any atom is 0.391 e. The molecule has 3 rings (SSSR count). The molecule has 25 heavy (non-hydrogen) atoms. The molecule has 2 heterocycles. The number of anilines is 1. The number of halogens is 3. The van der Waals surface area contributed by atoms with Gasteiger partial charge in [0, 0.05) is 25.3 Å². The fourth-order valence-electron chi connectivity index (χ4n) is 3.77. The highest BCUT2D eigenvalue weighted by atomic mass is 19.4. The minimum atomic E-state index is -4.16. The number of hydrogen-bond acceptors (Lipinski definition) is 3. The number of nitrogens with zero attached hydrogens (tertiary/aromatic N) is 2. The third-order valence-electron chi connectivity index (χ3n) is 5.16. The third-order valence-corrected chi connectivity index (χ3v) is 5.16. The van der Waals surface area contributed by atoms with Gasteiger partial charge in [-0.25, -0.2) is 4.98 Å². The van der Waals surface area contributed by atoms with Crippen molar-refractivity contribution in [3.63, 3.8) is 0 Å². The number of piperidine rings is 1. The molecule has 138 valence electrons. The van der Waals surface area contributed by atoms with Gasteiger partial charge in [-0.3, -0.25) is 4.79 Å². The van der Waals surface area contributed by atoms with E-state index in [9.17, 15) is 18.0 Å². The van der Waals surface area contributed by atoms with E-state index in [0.29, 0.717) is 24.2 Å². The average Bonchev–Trinajstić information content (AvgIpc) is 2.62. The molecule has 2 aliphatic rings. The standard InChI is InChI=1S/C18H24F3N3O/c19-18(20,21)13-6-4-7-14(12-13)23-16-15(8-5-9-22-16)17(25)24-10-2-1-3-11-24/h5,8-9,13-14H,1-4,6-7,10-12H2,(H,22,23). The maximum absolute atomic E-state index is 13.0. The molecule has 1 aromatic rings. The Hall–Kier alpha value is -1.79. The van der Waals surface area contributed by atoms with E-state index in [0.717, 1.165) is 32.4 Å². The summed E-state index contributed by atoms with van der Waals surface area (Å²) in [7, 11) is 0. The molecule has 1 aromatic heterocycles. The predicted molar refractivity (Wildman–Crippen MR) is 89.4 cm³/mol. The number of carbonyl (C=O) groups excluding carboxylic acids is 1. The van der Waals surface area contributed by atoms with E-state index >= 15 is 0 Å². The van der Waals surface area contributed by atoms with E-state index in [4.69, 9.17) is 0 Å². The van der Waals surface area contributed by atoms with Gasteiger partial charge in [0.2, 0.25) is 0 Å². The number of hydrogen-bond donors (Lipinski definition) is 1. The summed E-state index contributed by atoms with van der Waals surface area (Å²) >= 11 is 0. The van der Waals surface area contributed by atoms with Crippen molar-refractivity contribution in [1.29, 1.82) is 0 Å². The van der Waals surface area contributed by atoms with Crippen LogP contribution in [0.4, 0.5) is 19.0 Å². The molecule has 0 spiro atoms. The molecule has 1 amide bonds. The van der Waals surface area contributed by atoms with Crippen molar-refractivity contribution in [2.24, 2.45) is 5.92 Å². The van der Waals surface area contributed by atoms with Gasteiger partial charge in [0.05, 0.1) is 11.5 Å². The predicted octanol–water partition coefficient (Wildman–Crippen LogP) is 4.24. The molecular weight excluding hydrogens is 331 g/mol. The van der Waals surface area contributed by atoms with E-state index in [1.165, 1.54) is 0 Å². The Morgan fingerprint density at radius 3 is 2.64 bits per heavy atom. The monoisotopic (exact) mass is 355 g/mol. The highest BCUT2D eigenvalue weighted by Gasteiger charge is 2.42. The Bertz CT molecular complexity index is 599. The fourth-order valence-corrected chi connectivity index (χ4v) is 3.77. The Kier molecular flexibility index (Phi) is 5.49. The molecule has 1 saturated heterocycles. The molecule has 0 radical (unpaired) electrons. The molecule has 1 aliphatic carbocycles. The van der Waals surface area contributed by atoms with Crippen molar-refractivity contribution in [2.45, 2.75) is 57.2 Å². The second-order valence-electron chi connectivity index (χ2n) is 7.00. The lowest BCUT2D eigenvalue weighted by molar-refractivity contribution is -0.182. The van der Waals surface area contributed by atoms with Crippen molar-refractivity contribution in [1.82, 2.24) is 9.88 Å². The van der Waals surface area contributed by atoms with Gasteiger partial charge in [-0.1, -0.05) is 6.42 Å². The van der Waals surface area contributed by atoms with Crippen molar-refractivity contribution in [3.8, 4) is 0 Å². The van der Waals surface area contributed by atoms with Gasteiger partial charge >= 0.3 is 6.18 Å². The SMILES string of the molecule is O=C(c1cccnc1NC1CCCC(C(F)(F)F)C1)N1CCCCC1. The quantitative estimate of drug-likeness (QED) is 0.882. The minimum absolute atomic E-state index is 0.0391. The van der Waals surface area contributed by atoms with E-state index in [2.05, 4.69) is 10.3 Å². The Morgan fingerprint density at radius 2 is 1.92 bits per heavy atom. The summed E-state index contributed by atoms with van der Waals surface area (Å²) in [5.74, 6) is -0.951. The van der Waals surface area contributed by atoms with Crippen LogP contribution in [0.1, 0.15) is 55.3 Å². The Labute approximate surface area is 145 Å². The lowest BCUT2D eigenvalue weighted by Gasteiger charge is -2.32. The molecule has 1 saturated carbocycles. The van der Waals surface area contributed by atoms with Gasteiger partial charge in [-0.05, 0) is 50.7 Å². The lowest BCUT2D eigenvalue weighted by Crippen LogP contribution is -2.37. The zero-order valence-corrected chi connectivity index (χ0v) is 14.2. The van der Waals surface area contributed by atoms with Gasteiger partial charge in [-0.15, -0.1) is 0 Å². The van der Waals surface area contributed by atoms with Gasteiger partial charge in [0.25, 0.3) is 5.91 Å². The number of amides is 1. The molecule has 4 nitrogen and oxygen atoms in total. The van der Waals surface area contributed by atoms with Crippen LogP contribution < -0.4 is 5.32 Å². The van der Waals surface area contributed by atoms with Gasteiger partial charge in [0.15, 0.2) is 0 Å². The summed E-state index contributed by atoms with van der Waals surface area (Å²) < 4.78 is 39.0. The molecule has 1 N–H and O–H groups in total. The summed E-state index contributed by atoms with van der Waals surface area (Å²) in [6, 6.07) is 3.10. The zero-order valence-electron chi connectivity index (χ0n) is 14.2. The highest BCUT2D eigenvalue weighted by molar-refractivity contribution is 5.98. The van der Waals surface area contributed by atoms with Crippen LogP contribution >= 0.6 is 0 Å². The molecule has 0 aromatic carbocycles. The van der Waals surface area contributed by atoms with E-state index in [1.807, 2.05) is 4.90 Å². The van der Waals surface area contributed by atoms with Crippen LogP contribution in [0.5, 0.6) is 0 Å². The first-order chi connectivity index (χ1) is 11.9. The van der Waals surface area contributed by atoms with Gasteiger partial charge < -0.3 is 10.2 Å². The number of alkyl halides is 3. The number of carbonyl (C=O) groups is 1. The number of pyridine rings is 1. The fraction of sp³-hybridized carbons (Fsp3) is 0.667. The van der Waals surface area contributed by atoms with Crippen molar-refractivity contribution >= 4 is 11.7 Å².